The minimum Gasteiger partial charge on any atom is -0.373 e. The zero-order chi connectivity index (χ0) is 16.3. The standard InChI is InChI=1S/C18H25N3O/c1-13-6-5-11-21(13)17(22)16(18(2,3)4)20-15-9-7-14(12-19)8-10-15/h7-10,13,16,20H,5-6,11H2,1-4H3/t13-,16?/m1/s1. The molecule has 4 nitrogen and oxygen atoms in total. The van der Waals surface area contributed by atoms with Crippen LogP contribution in [0.1, 0.15) is 46.1 Å². The molecule has 1 aliphatic rings. The number of carbonyl (C=O) groups excluding carboxylic acids is 1. The number of carbonyl (C=O) groups is 1. The first-order valence-corrected chi connectivity index (χ1v) is 7.90. The molecule has 0 aliphatic carbocycles. The highest BCUT2D eigenvalue weighted by Crippen LogP contribution is 2.28. The molecule has 0 spiro atoms. The van der Waals surface area contributed by atoms with Crippen LogP contribution in [0, 0.1) is 16.7 Å². The molecule has 0 radical (unpaired) electrons. The first kappa shape index (κ1) is 16.4. The topological polar surface area (TPSA) is 56.1 Å². The molecule has 1 saturated heterocycles. The highest BCUT2D eigenvalue weighted by molar-refractivity contribution is 5.86. The Bertz CT molecular complexity index is 565. The lowest BCUT2D eigenvalue weighted by molar-refractivity contribution is -0.134. The summed E-state index contributed by atoms with van der Waals surface area (Å²) in [5.74, 6) is 0.168. The fourth-order valence-corrected chi connectivity index (χ4v) is 2.88. The van der Waals surface area contributed by atoms with Crippen LogP contribution < -0.4 is 5.32 Å². The summed E-state index contributed by atoms with van der Waals surface area (Å²) in [5, 5.41) is 12.2. The van der Waals surface area contributed by atoms with Gasteiger partial charge < -0.3 is 10.2 Å². The van der Waals surface area contributed by atoms with Crippen LogP contribution in [0.15, 0.2) is 24.3 Å². The number of rotatable bonds is 3. The summed E-state index contributed by atoms with van der Waals surface area (Å²) in [4.78, 5) is 14.9. The molecule has 4 heteroatoms. The van der Waals surface area contributed by atoms with Crippen molar-refractivity contribution in [1.82, 2.24) is 4.90 Å². The quantitative estimate of drug-likeness (QED) is 0.930. The van der Waals surface area contributed by atoms with Gasteiger partial charge in [-0.3, -0.25) is 4.79 Å². The van der Waals surface area contributed by atoms with Gasteiger partial charge in [0.15, 0.2) is 0 Å². The predicted octanol–water partition coefficient (Wildman–Crippen LogP) is 3.40. The predicted molar refractivity (Wildman–Crippen MR) is 88.4 cm³/mol. The average molecular weight is 299 g/mol. The van der Waals surface area contributed by atoms with E-state index < -0.39 is 0 Å². The minimum absolute atomic E-state index is 0.168. The number of anilines is 1. The van der Waals surface area contributed by atoms with Crippen LogP contribution in [0.3, 0.4) is 0 Å². The summed E-state index contributed by atoms with van der Waals surface area (Å²) in [6, 6.07) is 9.41. The molecule has 1 N–H and O–H groups in total. The molecule has 2 rings (SSSR count). The molecular weight excluding hydrogens is 274 g/mol. The van der Waals surface area contributed by atoms with Crippen LogP contribution in [0.25, 0.3) is 0 Å². The maximum Gasteiger partial charge on any atom is 0.245 e. The van der Waals surface area contributed by atoms with Crippen LogP contribution in [-0.2, 0) is 4.79 Å². The Morgan fingerprint density at radius 2 is 2.00 bits per heavy atom. The van der Waals surface area contributed by atoms with Gasteiger partial charge in [0.2, 0.25) is 5.91 Å². The Kier molecular flexibility index (Phi) is 4.75. The van der Waals surface area contributed by atoms with Crippen molar-refractivity contribution in [3.05, 3.63) is 29.8 Å². The fraction of sp³-hybridized carbons (Fsp3) is 0.556. The van der Waals surface area contributed by atoms with Gasteiger partial charge in [-0.05, 0) is 49.4 Å². The SMILES string of the molecule is C[C@@H]1CCCN1C(=O)C(Nc1ccc(C#N)cc1)C(C)(C)C. The van der Waals surface area contributed by atoms with Crippen LogP contribution in [0.4, 0.5) is 5.69 Å². The minimum atomic E-state index is -0.277. The molecule has 1 unspecified atom stereocenters. The highest BCUT2D eigenvalue weighted by Gasteiger charge is 2.37. The van der Waals surface area contributed by atoms with Crippen molar-refractivity contribution in [1.29, 1.82) is 5.26 Å². The van der Waals surface area contributed by atoms with Crippen LogP contribution in [0.2, 0.25) is 0 Å². The summed E-state index contributed by atoms with van der Waals surface area (Å²) in [7, 11) is 0. The van der Waals surface area contributed by atoms with E-state index in [0.29, 0.717) is 11.6 Å². The molecule has 2 atom stereocenters. The molecule has 1 fully saturated rings. The number of hydrogen-bond acceptors (Lipinski definition) is 3. The Hall–Kier alpha value is -2.02. The summed E-state index contributed by atoms with van der Waals surface area (Å²) in [6.07, 6.45) is 2.17. The average Bonchev–Trinajstić information content (AvgIpc) is 2.89. The summed E-state index contributed by atoms with van der Waals surface area (Å²) in [6.45, 7) is 9.20. The third-order valence-corrected chi connectivity index (χ3v) is 4.27. The van der Waals surface area contributed by atoms with Gasteiger partial charge in [0.05, 0.1) is 11.6 Å². The molecule has 1 aromatic carbocycles. The maximum atomic E-state index is 12.9. The third kappa shape index (κ3) is 3.59. The van der Waals surface area contributed by atoms with E-state index in [9.17, 15) is 4.79 Å². The van der Waals surface area contributed by atoms with Crippen molar-refractivity contribution >= 4 is 11.6 Å². The molecule has 22 heavy (non-hydrogen) atoms. The van der Waals surface area contributed by atoms with Crippen LogP contribution in [0.5, 0.6) is 0 Å². The Morgan fingerprint density at radius 1 is 1.36 bits per heavy atom. The van der Waals surface area contributed by atoms with Gasteiger partial charge in [-0.15, -0.1) is 0 Å². The highest BCUT2D eigenvalue weighted by atomic mass is 16.2. The third-order valence-electron chi connectivity index (χ3n) is 4.27. The second-order valence-corrected chi connectivity index (χ2v) is 7.16. The molecule has 1 aliphatic heterocycles. The second kappa shape index (κ2) is 6.39. The molecule has 0 bridgehead atoms. The van der Waals surface area contributed by atoms with Gasteiger partial charge >= 0.3 is 0 Å². The number of benzene rings is 1. The lowest BCUT2D eigenvalue weighted by Crippen LogP contribution is -2.50. The molecule has 0 saturated carbocycles. The van der Waals surface area contributed by atoms with Crippen molar-refractivity contribution in [2.24, 2.45) is 5.41 Å². The van der Waals surface area contributed by atoms with E-state index in [2.05, 4.69) is 39.1 Å². The van der Waals surface area contributed by atoms with Crippen LogP contribution in [-0.4, -0.2) is 29.4 Å². The zero-order valence-electron chi connectivity index (χ0n) is 13.9. The number of hydrogen-bond donors (Lipinski definition) is 1. The lowest BCUT2D eigenvalue weighted by Gasteiger charge is -2.35. The number of nitrogens with one attached hydrogen (secondary N) is 1. The molecule has 1 aromatic rings. The van der Waals surface area contributed by atoms with E-state index in [-0.39, 0.29) is 17.4 Å². The Labute approximate surface area is 133 Å². The first-order valence-electron chi connectivity index (χ1n) is 7.90. The fourth-order valence-electron chi connectivity index (χ4n) is 2.88. The van der Waals surface area contributed by atoms with E-state index in [1.165, 1.54) is 0 Å². The Morgan fingerprint density at radius 3 is 2.45 bits per heavy atom. The van der Waals surface area contributed by atoms with Crippen molar-refractivity contribution < 1.29 is 4.79 Å². The van der Waals surface area contributed by atoms with Crippen molar-refractivity contribution in [2.45, 2.75) is 52.6 Å². The van der Waals surface area contributed by atoms with Gasteiger partial charge in [-0.2, -0.15) is 5.26 Å². The van der Waals surface area contributed by atoms with Gasteiger partial charge in [-0.1, -0.05) is 20.8 Å². The summed E-state index contributed by atoms with van der Waals surface area (Å²) >= 11 is 0. The summed E-state index contributed by atoms with van der Waals surface area (Å²) < 4.78 is 0. The Balaban J connectivity index is 2.19. The summed E-state index contributed by atoms with van der Waals surface area (Å²) in [5.41, 5.74) is 1.31. The number of nitriles is 1. The maximum absolute atomic E-state index is 12.9. The number of amides is 1. The molecular formula is C18H25N3O. The van der Waals surface area contributed by atoms with Gasteiger partial charge in [0.25, 0.3) is 0 Å². The van der Waals surface area contributed by atoms with Crippen molar-refractivity contribution in [2.75, 3.05) is 11.9 Å². The smallest absolute Gasteiger partial charge is 0.245 e. The van der Waals surface area contributed by atoms with E-state index in [4.69, 9.17) is 5.26 Å². The first-order chi connectivity index (χ1) is 10.3. The normalized spacial score (nSPS) is 19.6. The van der Waals surface area contributed by atoms with E-state index in [1.807, 2.05) is 17.0 Å². The number of likely N-dealkylation sites (tertiary alicyclic amines) is 1. The molecule has 1 heterocycles. The van der Waals surface area contributed by atoms with Crippen LogP contribution >= 0.6 is 0 Å². The largest absolute Gasteiger partial charge is 0.373 e. The molecule has 1 amide bonds. The van der Waals surface area contributed by atoms with Gasteiger partial charge in [-0.25, -0.2) is 0 Å². The van der Waals surface area contributed by atoms with Crippen molar-refractivity contribution in [3.63, 3.8) is 0 Å². The van der Waals surface area contributed by atoms with E-state index in [0.717, 1.165) is 25.1 Å². The van der Waals surface area contributed by atoms with Gasteiger partial charge in [0.1, 0.15) is 6.04 Å². The molecule has 0 aromatic heterocycles. The second-order valence-electron chi connectivity index (χ2n) is 7.16. The van der Waals surface area contributed by atoms with E-state index >= 15 is 0 Å². The monoisotopic (exact) mass is 299 g/mol. The van der Waals surface area contributed by atoms with E-state index in [1.54, 1.807) is 12.1 Å². The van der Waals surface area contributed by atoms with Gasteiger partial charge in [0, 0.05) is 18.3 Å². The van der Waals surface area contributed by atoms with Crippen molar-refractivity contribution in [3.8, 4) is 6.07 Å². The number of nitrogens with zero attached hydrogens (tertiary/aromatic N) is 2. The lowest BCUT2D eigenvalue weighted by atomic mass is 9.85. The molecule has 118 valence electrons. The zero-order valence-corrected chi connectivity index (χ0v) is 13.9.